The fraction of sp³-hybridized carbons (Fsp3) is 0.600. The van der Waals surface area contributed by atoms with Crippen LogP contribution in [0.3, 0.4) is 0 Å². The number of hydrogen-bond acceptors (Lipinski definition) is 4. The minimum Gasteiger partial charge on any atom is -0.486 e. The molecule has 1 aliphatic rings. The minimum absolute atomic E-state index is 0.584. The third-order valence-electron chi connectivity index (χ3n) is 3.54. The highest BCUT2D eigenvalue weighted by molar-refractivity contribution is 5.43. The van der Waals surface area contributed by atoms with E-state index in [0.717, 1.165) is 44.0 Å². The molecule has 4 nitrogen and oxygen atoms in total. The molecule has 0 aromatic heterocycles. The van der Waals surface area contributed by atoms with Crippen LogP contribution >= 0.6 is 0 Å². The first-order valence-electron chi connectivity index (χ1n) is 7.12. The van der Waals surface area contributed by atoms with E-state index in [4.69, 9.17) is 15.2 Å². The van der Waals surface area contributed by atoms with Crippen molar-refractivity contribution < 1.29 is 9.47 Å². The van der Waals surface area contributed by atoms with Crippen molar-refractivity contribution in [1.29, 1.82) is 0 Å². The Hall–Kier alpha value is -1.26. The van der Waals surface area contributed by atoms with Crippen LogP contribution in [0.5, 0.6) is 11.5 Å². The number of ether oxygens (including phenoxy) is 2. The van der Waals surface area contributed by atoms with Crippen molar-refractivity contribution in [3.8, 4) is 11.5 Å². The molecular weight excluding hydrogens is 240 g/mol. The van der Waals surface area contributed by atoms with E-state index < -0.39 is 0 Å². The van der Waals surface area contributed by atoms with E-state index >= 15 is 0 Å². The Balaban J connectivity index is 1.77. The Morgan fingerprint density at radius 2 is 2.05 bits per heavy atom. The van der Waals surface area contributed by atoms with E-state index in [1.165, 1.54) is 5.56 Å². The molecule has 3 N–H and O–H groups in total. The van der Waals surface area contributed by atoms with Crippen LogP contribution in [0.15, 0.2) is 18.2 Å². The van der Waals surface area contributed by atoms with Crippen LogP contribution in [0.1, 0.15) is 18.9 Å². The highest BCUT2D eigenvalue weighted by Crippen LogP contribution is 2.30. The van der Waals surface area contributed by atoms with Gasteiger partial charge < -0.3 is 20.5 Å². The summed E-state index contributed by atoms with van der Waals surface area (Å²) in [5, 5.41) is 3.46. The second kappa shape index (κ2) is 7.36. The summed E-state index contributed by atoms with van der Waals surface area (Å²) in [6, 6.07) is 6.18. The van der Waals surface area contributed by atoms with Crippen molar-refractivity contribution in [1.82, 2.24) is 5.32 Å². The normalized spacial score (nSPS) is 15.3. The fourth-order valence-corrected chi connectivity index (χ4v) is 2.18. The Kier molecular flexibility index (Phi) is 5.48. The highest BCUT2D eigenvalue weighted by Gasteiger charge is 2.11. The second-order valence-corrected chi connectivity index (χ2v) is 4.94. The first-order valence-corrected chi connectivity index (χ1v) is 7.12. The smallest absolute Gasteiger partial charge is 0.161 e. The van der Waals surface area contributed by atoms with E-state index in [-0.39, 0.29) is 0 Å². The Labute approximate surface area is 115 Å². The van der Waals surface area contributed by atoms with Crippen LogP contribution in [0.25, 0.3) is 0 Å². The van der Waals surface area contributed by atoms with E-state index in [2.05, 4.69) is 24.4 Å². The molecule has 0 saturated carbocycles. The number of rotatable bonds is 7. The van der Waals surface area contributed by atoms with E-state index in [0.29, 0.717) is 19.1 Å². The van der Waals surface area contributed by atoms with E-state index in [9.17, 15) is 0 Å². The lowest BCUT2D eigenvalue weighted by Gasteiger charge is -2.19. The molecule has 0 saturated heterocycles. The molecule has 0 aliphatic carbocycles. The van der Waals surface area contributed by atoms with Gasteiger partial charge in [0.2, 0.25) is 0 Å². The molecule has 1 aromatic rings. The Morgan fingerprint density at radius 3 is 2.79 bits per heavy atom. The Bertz CT molecular complexity index is 392. The SMILES string of the molecule is CCC(CN)CNCCc1ccc2c(c1)OCCO2. The zero-order valence-corrected chi connectivity index (χ0v) is 11.7. The Morgan fingerprint density at radius 1 is 1.26 bits per heavy atom. The van der Waals surface area contributed by atoms with Crippen molar-refractivity contribution >= 4 is 0 Å². The summed E-state index contributed by atoms with van der Waals surface area (Å²) in [6.07, 6.45) is 2.13. The molecule has 106 valence electrons. The van der Waals surface area contributed by atoms with Crippen LogP contribution in [-0.4, -0.2) is 32.8 Å². The molecule has 2 rings (SSSR count). The van der Waals surface area contributed by atoms with Gasteiger partial charge in [-0.05, 0) is 49.7 Å². The quantitative estimate of drug-likeness (QED) is 0.734. The molecule has 1 unspecified atom stereocenters. The second-order valence-electron chi connectivity index (χ2n) is 4.94. The first kappa shape index (κ1) is 14.2. The molecule has 1 atom stereocenters. The maximum Gasteiger partial charge on any atom is 0.161 e. The van der Waals surface area contributed by atoms with Gasteiger partial charge >= 0.3 is 0 Å². The molecule has 1 aliphatic heterocycles. The van der Waals surface area contributed by atoms with Gasteiger partial charge in [-0.25, -0.2) is 0 Å². The van der Waals surface area contributed by atoms with Crippen LogP contribution in [0, 0.1) is 5.92 Å². The van der Waals surface area contributed by atoms with Gasteiger partial charge in [0.25, 0.3) is 0 Å². The predicted molar refractivity (Wildman–Crippen MR) is 76.8 cm³/mol. The van der Waals surface area contributed by atoms with Crippen LogP contribution in [0.4, 0.5) is 0 Å². The summed E-state index contributed by atoms with van der Waals surface area (Å²) < 4.78 is 11.1. The molecule has 4 heteroatoms. The van der Waals surface area contributed by atoms with Crippen LogP contribution in [-0.2, 0) is 6.42 Å². The number of fused-ring (bicyclic) bond motifs is 1. The van der Waals surface area contributed by atoms with Crippen molar-refractivity contribution in [2.45, 2.75) is 19.8 Å². The van der Waals surface area contributed by atoms with Gasteiger partial charge in [-0.15, -0.1) is 0 Å². The topological polar surface area (TPSA) is 56.5 Å². The van der Waals surface area contributed by atoms with Gasteiger partial charge in [-0.2, -0.15) is 0 Å². The molecule has 0 bridgehead atoms. The molecule has 0 spiro atoms. The largest absolute Gasteiger partial charge is 0.486 e. The minimum atomic E-state index is 0.584. The predicted octanol–water partition coefficient (Wildman–Crippen LogP) is 1.57. The third kappa shape index (κ3) is 4.11. The summed E-state index contributed by atoms with van der Waals surface area (Å²) in [5.41, 5.74) is 6.96. The summed E-state index contributed by atoms with van der Waals surface area (Å²) >= 11 is 0. The van der Waals surface area contributed by atoms with E-state index in [1.54, 1.807) is 0 Å². The van der Waals surface area contributed by atoms with Crippen LogP contribution < -0.4 is 20.5 Å². The molecule has 0 amide bonds. The average Bonchev–Trinajstić information content (AvgIpc) is 2.47. The van der Waals surface area contributed by atoms with Gasteiger partial charge in [0.1, 0.15) is 13.2 Å². The molecule has 1 heterocycles. The summed E-state index contributed by atoms with van der Waals surface area (Å²) in [5.74, 6) is 2.31. The molecule has 19 heavy (non-hydrogen) atoms. The number of hydrogen-bond donors (Lipinski definition) is 2. The monoisotopic (exact) mass is 264 g/mol. The lowest BCUT2D eigenvalue weighted by molar-refractivity contribution is 0.171. The molecule has 0 fully saturated rings. The zero-order valence-electron chi connectivity index (χ0n) is 11.7. The van der Waals surface area contributed by atoms with Crippen molar-refractivity contribution in [3.05, 3.63) is 23.8 Å². The van der Waals surface area contributed by atoms with Gasteiger partial charge in [0, 0.05) is 0 Å². The summed E-state index contributed by atoms with van der Waals surface area (Å²) in [7, 11) is 0. The van der Waals surface area contributed by atoms with Gasteiger partial charge in [0.05, 0.1) is 0 Å². The number of benzene rings is 1. The molecular formula is C15H24N2O2. The standard InChI is InChI=1S/C15H24N2O2/c1-2-12(10-16)11-17-6-5-13-3-4-14-15(9-13)19-8-7-18-14/h3-4,9,12,17H,2,5-8,10-11,16H2,1H3. The average molecular weight is 264 g/mol. The number of nitrogens with one attached hydrogen (secondary N) is 1. The van der Waals surface area contributed by atoms with Crippen molar-refractivity contribution in [2.24, 2.45) is 11.7 Å². The van der Waals surface area contributed by atoms with Crippen LogP contribution in [0.2, 0.25) is 0 Å². The van der Waals surface area contributed by atoms with Crippen molar-refractivity contribution in [2.75, 3.05) is 32.8 Å². The van der Waals surface area contributed by atoms with E-state index in [1.807, 2.05) is 6.07 Å². The highest BCUT2D eigenvalue weighted by atomic mass is 16.6. The van der Waals surface area contributed by atoms with Gasteiger partial charge in [-0.1, -0.05) is 19.4 Å². The van der Waals surface area contributed by atoms with Gasteiger partial charge in [-0.3, -0.25) is 0 Å². The lowest BCUT2D eigenvalue weighted by Crippen LogP contribution is -2.29. The first-order chi connectivity index (χ1) is 9.33. The number of nitrogens with two attached hydrogens (primary N) is 1. The maximum absolute atomic E-state index is 5.68. The summed E-state index contributed by atoms with van der Waals surface area (Å²) in [4.78, 5) is 0. The molecule has 0 radical (unpaired) electrons. The summed E-state index contributed by atoms with van der Waals surface area (Å²) in [6.45, 7) is 6.19. The van der Waals surface area contributed by atoms with Crippen molar-refractivity contribution in [3.63, 3.8) is 0 Å². The fourth-order valence-electron chi connectivity index (χ4n) is 2.18. The maximum atomic E-state index is 5.68. The lowest BCUT2D eigenvalue weighted by atomic mass is 10.1. The van der Waals surface area contributed by atoms with Gasteiger partial charge in [0.15, 0.2) is 11.5 Å². The molecule has 1 aromatic carbocycles. The zero-order chi connectivity index (χ0) is 13.5. The third-order valence-corrected chi connectivity index (χ3v) is 3.54.